The van der Waals surface area contributed by atoms with Gasteiger partial charge in [0, 0.05) is 16.7 Å². The number of carbonyl (C=O) groups excluding carboxylic acids is 2. The monoisotopic (exact) mass is 409 g/mol. The van der Waals surface area contributed by atoms with Crippen LogP contribution in [-0.4, -0.2) is 56.3 Å². The molecule has 1 aromatic carbocycles. The lowest BCUT2D eigenvalue weighted by atomic mass is 9.75. The Hall–Kier alpha value is -2.22. The lowest BCUT2D eigenvalue weighted by Crippen LogP contribution is -2.37. The first kappa shape index (κ1) is 22.1. The fourth-order valence-corrected chi connectivity index (χ4v) is 3.48. The van der Waals surface area contributed by atoms with Crippen LogP contribution < -0.4 is 0 Å². The van der Waals surface area contributed by atoms with Crippen molar-refractivity contribution < 1.29 is 28.9 Å². The van der Waals surface area contributed by atoms with Gasteiger partial charge in [-0.15, -0.1) is 0 Å². The van der Waals surface area contributed by atoms with Crippen LogP contribution in [0.25, 0.3) is 0 Å². The molecule has 28 heavy (non-hydrogen) atoms. The van der Waals surface area contributed by atoms with Crippen molar-refractivity contribution in [2.24, 2.45) is 10.9 Å². The molecule has 0 spiro atoms. The molecule has 1 aliphatic rings. The molecule has 0 saturated heterocycles. The molecular weight excluding hydrogens is 386 g/mol. The van der Waals surface area contributed by atoms with Gasteiger partial charge < -0.3 is 19.3 Å². The van der Waals surface area contributed by atoms with Crippen molar-refractivity contribution in [1.29, 1.82) is 0 Å². The van der Waals surface area contributed by atoms with Crippen molar-refractivity contribution in [1.82, 2.24) is 0 Å². The largest absolute Gasteiger partial charge is 0.468 e. The highest BCUT2D eigenvalue weighted by Gasteiger charge is 2.43. The quantitative estimate of drug-likeness (QED) is 0.523. The Morgan fingerprint density at radius 2 is 2.00 bits per heavy atom. The molecular formula is C20H24ClNO6. The van der Waals surface area contributed by atoms with Crippen molar-refractivity contribution in [3.8, 4) is 0 Å². The summed E-state index contributed by atoms with van der Waals surface area (Å²) in [5.41, 5.74) is 1.62. The van der Waals surface area contributed by atoms with Gasteiger partial charge in [-0.25, -0.2) is 4.79 Å². The number of carbonyl (C=O) groups is 2. The number of esters is 2. The number of aliphatic hydroxyl groups excluding tert-OH is 1. The Morgan fingerprint density at radius 1 is 1.29 bits per heavy atom. The summed E-state index contributed by atoms with van der Waals surface area (Å²) in [6, 6.07) is 6.99. The third-order valence-electron chi connectivity index (χ3n) is 4.38. The predicted molar refractivity (Wildman–Crippen MR) is 104 cm³/mol. The summed E-state index contributed by atoms with van der Waals surface area (Å²) >= 11 is 6.41. The van der Waals surface area contributed by atoms with Crippen molar-refractivity contribution in [2.75, 3.05) is 33.5 Å². The highest BCUT2D eigenvalue weighted by molar-refractivity contribution is 6.31. The minimum absolute atomic E-state index is 0.0130. The van der Waals surface area contributed by atoms with E-state index in [4.69, 9.17) is 30.9 Å². The molecule has 0 saturated carbocycles. The number of aliphatic hydroxyl groups is 1. The van der Waals surface area contributed by atoms with Crippen LogP contribution in [0.15, 0.2) is 40.5 Å². The molecule has 0 aromatic heterocycles. The van der Waals surface area contributed by atoms with Crippen LogP contribution in [0.4, 0.5) is 0 Å². The number of hydrogen-bond donors (Lipinski definition) is 1. The first-order valence-electron chi connectivity index (χ1n) is 8.92. The smallest absolute Gasteiger partial charge is 0.336 e. The predicted octanol–water partition coefficient (Wildman–Crippen LogP) is 2.51. The second-order valence-electron chi connectivity index (χ2n) is 6.11. The second kappa shape index (κ2) is 10.4. The van der Waals surface area contributed by atoms with Gasteiger partial charge in [0.1, 0.15) is 5.92 Å². The molecule has 1 aliphatic heterocycles. The molecule has 1 aromatic rings. The zero-order chi connectivity index (χ0) is 20.7. The summed E-state index contributed by atoms with van der Waals surface area (Å²) in [6.07, 6.45) is 0. The summed E-state index contributed by atoms with van der Waals surface area (Å²) in [4.78, 5) is 29.9. The van der Waals surface area contributed by atoms with Gasteiger partial charge in [0.2, 0.25) is 0 Å². The van der Waals surface area contributed by atoms with Gasteiger partial charge in [-0.3, -0.25) is 9.79 Å². The van der Waals surface area contributed by atoms with E-state index in [2.05, 4.69) is 4.99 Å². The maximum Gasteiger partial charge on any atom is 0.336 e. The van der Waals surface area contributed by atoms with Crippen LogP contribution in [-0.2, 0) is 23.8 Å². The zero-order valence-electron chi connectivity index (χ0n) is 16.1. The summed E-state index contributed by atoms with van der Waals surface area (Å²) in [6.45, 7) is 3.46. The molecule has 152 valence electrons. The second-order valence-corrected chi connectivity index (χ2v) is 6.52. The van der Waals surface area contributed by atoms with Gasteiger partial charge in [-0.05, 0) is 25.5 Å². The summed E-state index contributed by atoms with van der Waals surface area (Å²) in [7, 11) is 1.28. The molecule has 0 bridgehead atoms. The normalized spacial score (nSPS) is 19.2. The van der Waals surface area contributed by atoms with Crippen LogP contribution in [0.1, 0.15) is 25.3 Å². The number of methoxy groups -OCH3 is 1. The van der Waals surface area contributed by atoms with Crippen LogP contribution in [0.2, 0.25) is 5.02 Å². The van der Waals surface area contributed by atoms with Gasteiger partial charge >= 0.3 is 11.9 Å². The lowest BCUT2D eigenvalue weighted by molar-refractivity contribution is -0.144. The molecule has 0 radical (unpaired) electrons. The molecule has 2 rings (SSSR count). The third-order valence-corrected chi connectivity index (χ3v) is 4.73. The molecule has 1 N–H and O–H groups in total. The zero-order valence-corrected chi connectivity index (χ0v) is 16.9. The fourth-order valence-electron chi connectivity index (χ4n) is 3.22. The van der Waals surface area contributed by atoms with E-state index in [0.717, 1.165) is 0 Å². The van der Waals surface area contributed by atoms with Crippen LogP contribution in [0, 0.1) is 5.92 Å². The van der Waals surface area contributed by atoms with Crippen LogP contribution in [0.5, 0.6) is 0 Å². The van der Waals surface area contributed by atoms with E-state index >= 15 is 0 Å². The Kier molecular flexibility index (Phi) is 8.17. The molecule has 0 aliphatic carbocycles. The van der Waals surface area contributed by atoms with Crippen molar-refractivity contribution in [3.63, 3.8) is 0 Å². The van der Waals surface area contributed by atoms with Gasteiger partial charge in [-0.1, -0.05) is 29.8 Å². The average molecular weight is 410 g/mol. The average Bonchev–Trinajstić information content (AvgIpc) is 2.67. The number of nitrogens with zero attached hydrogens (tertiary/aromatic N) is 1. The molecule has 2 unspecified atom stereocenters. The Labute approximate surface area is 169 Å². The highest BCUT2D eigenvalue weighted by atomic mass is 35.5. The third kappa shape index (κ3) is 4.79. The van der Waals surface area contributed by atoms with E-state index in [0.29, 0.717) is 22.0 Å². The van der Waals surface area contributed by atoms with Crippen LogP contribution in [0.3, 0.4) is 0 Å². The Bertz CT molecular complexity index is 789. The van der Waals surface area contributed by atoms with Crippen molar-refractivity contribution >= 4 is 29.3 Å². The number of rotatable bonds is 8. The van der Waals surface area contributed by atoms with E-state index in [1.807, 2.05) is 0 Å². The molecule has 2 atom stereocenters. The van der Waals surface area contributed by atoms with E-state index < -0.39 is 23.8 Å². The summed E-state index contributed by atoms with van der Waals surface area (Å²) < 4.78 is 15.6. The molecule has 7 nitrogen and oxygen atoms in total. The molecule has 8 heteroatoms. The Balaban J connectivity index is 2.67. The number of ether oxygens (including phenoxy) is 3. The lowest BCUT2D eigenvalue weighted by Gasteiger charge is -2.32. The summed E-state index contributed by atoms with van der Waals surface area (Å²) in [5, 5.41) is 9.38. The SMILES string of the molecule is CCOC(=O)C1=C(COCCO)N=C(C)C(C(=O)OC)C1c1ccccc1Cl. The first-order chi connectivity index (χ1) is 13.5. The number of aliphatic imine (C=N–C) groups is 1. The van der Waals surface area contributed by atoms with Crippen molar-refractivity contribution in [2.45, 2.75) is 19.8 Å². The maximum atomic E-state index is 12.8. The van der Waals surface area contributed by atoms with Gasteiger partial charge in [0.15, 0.2) is 0 Å². The van der Waals surface area contributed by atoms with Gasteiger partial charge in [0.25, 0.3) is 0 Å². The van der Waals surface area contributed by atoms with Gasteiger partial charge in [0.05, 0.1) is 44.8 Å². The fraction of sp³-hybridized carbons (Fsp3) is 0.450. The Morgan fingerprint density at radius 3 is 2.61 bits per heavy atom. The summed E-state index contributed by atoms with van der Waals surface area (Å²) in [5.74, 6) is -2.68. The van der Waals surface area contributed by atoms with Crippen LogP contribution >= 0.6 is 11.6 Å². The van der Waals surface area contributed by atoms with E-state index in [9.17, 15) is 9.59 Å². The van der Waals surface area contributed by atoms with Gasteiger partial charge in [-0.2, -0.15) is 0 Å². The number of benzene rings is 1. The van der Waals surface area contributed by atoms with E-state index in [-0.39, 0.29) is 32.0 Å². The van der Waals surface area contributed by atoms with E-state index in [1.54, 1.807) is 38.1 Å². The molecule has 0 amide bonds. The minimum Gasteiger partial charge on any atom is -0.468 e. The number of hydrogen-bond acceptors (Lipinski definition) is 7. The minimum atomic E-state index is -0.828. The van der Waals surface area contributed by atoms with Crippen molar-refractivity contribution in [3.05, 3.63) is 46.1 Å². The molecule has 0 fully saturated rings. The standard InChI is InChI=1S/C20H24ClNO6/c1-4-28-20(25)18-15(11-27-10-9-23)22-12(2)16(19(24)26-3)17(18)13-7-5-6-8-14(13)21/h5-8,16-17,23H,4,9-11H2,1-3H3. The maximum absolute atomic E-state index is 12.8. The topological polar surface area (TPSA) is 94.4 Å². The number of halogens is 1. The highest BCUT2D eigenvalue weighted by Crippen LogP contribution is 2.42. The van der Waals surface area contributed by atoms with E-state index in [1.165, 1.54) is 7.11 Å². The first-order valence-corrected chi connectivity index (χ1v) is 9.30. The molecule has 1 heterocycles.